The molecule has 0 spiro atoms. The Morgan fingerprint density at radius 1 is 1.13 bits per heavy atom. The number of amides is 1. The maximum atomic E-state index is 13.9. The number of anilines is 1. The summed E-state index contributed by atoms with van der Waals surface area (Å²) in [4.78, 5) is 26.4. The van der Waals surface area contributed by atoms with Crippen molar-refractivity contribution in [3.63, 3.8) is 0 Å². The van der Waals surface area contributed by atoms with Gasteiger partial charge in [-0.3, -0.25) is 4.90 Å². The van der Waals surface area contributed by atoms with E-state index >= 15 is 0 Å². The number of hydrogen-bond donors (Lipinski definition) is 0. The summed E-state index contributed by atoms with van der Waals surface area (Å²) in [5, 5.41) is 0. The van der Waals surface area contributed by atoms with Crippen molar-refractivity contribution in [2.75, 3.05) is 18.6 Å². The zero-order valence-corrected chi connectivity index (χ0v) is 15.9. The Morgan fingerprint density at radius 3 is 2.47 bits per heavy atom. The summed E-state index contributed by atoms with van der Waals surface area (Å²) in [5.41, 5.74) is -2.08. The summed E-state index contributed by atoms with van der Waals surface area (Å²) in [6.45, 7) is -0.520. The summed E-state index contributed by atoms with van der Waals surface area (Å²) in [7, 11) is 0.798. The molecule has 9 heteroatoms. The number of alkyl halides is 3. The number of fused-ring (bicyclic) bond motifs is 3. The van der Waals surface area contributed by atoms with Crippen LogP contribution in [0.25, 0.3) is 0 Å². The van der Waals surface area contributed by atoms with Crippen LogP contribution in [0.15, 0.2) is 54.6 Å². The van der Waals surface area contributed by atoms with Crippen LogP contribution in [-0.2, 0) is 31.0 Å². The number of para-hydroxylation sites is 1. The van der Waals surface area contributed by atoms with Crippen molar-refractivity contribution in [3.05, 3.63) is 65.7 Å². The highest BCUT2D eigenvalue weighted by molar-refractivity contribution is 5.93. The number of esters is 1. The van der Waals surface area contributed by atoms with E-state index < -0.39 is 48.2 Å². The molecule has 3 atom stereocenters. The van der Waals surface area contributed by atoms with E-state index in [1.165, 1.54) is 23.1 Å². The van der Waals surface area contributed by atoms with Crippen molar-refractivity contribution in [2.45, 2.75) is 30.3 Å². The smallest absolute Gasteiger partial charge is 0.432 e. The number of halogens is 3. The first-order valence-electron chi connectivity index (χ1n) is 9.22. The summed E-state index contributed by atoms with van der Waals surface area (Å²) >= 11 is 0. The first kappa shape index (κ1) is 20.2. The summed E-state index contributed by atoms with van der Waals surface area (Å²) < 4.78 is 56.8. The molecule has 6 nitrogen and oxygen atoms in total. The number of methoxy groups -OCH3 is 1. The SMILES string of the molecule is COC(C(=O)OC[C@@H]1OC(=O)N2c3ccccc3C[C@@H]12)(c1ccccc1)C(F)(F)F. The molecule has 1 unspecified atom stereocenters. The number of ether oxygens (including phenoxy) is 3. The van der Waals surface area contributed by atoms with Crippen molar-refractivity contribution >= 4 is 17.7 Å². The lowest BCUT2D eigenvalue weighted by Gasteiger charge is -2.32. The van der Waals surface area contributed by atoms with Gasteiger partial charge in [-0.2, -0.15) is 13.2 Å². The molecule has 1 amide bonds. The van der Waals surface area contributed by atoms with Gasteiger partial charge >= 0.3 is 18.2 Å². The van der Waals surface area contributed by atoms with Crippen LogP contribution < -0.4 is 4.90 Å². The molecule has 0 aliphatic carbocycles. The Labute approximate surface area is 170 Å². The predicted octanol–water partition coefficient (Wildman–Crippen LogP) is 3.58. The standard InChI is InChI=1S/C21H18F3NO5/c1-28-20(21(22,23)24,14-8-3-2-4-9-14)18(26)29-12-17-16-11-13-7-5-6-10-15(13)25(16)19(27)30-17/h2-10,16-17H,11-12H2,1H3/t16-,17-,20?/m0/s1. The lowest BCUT2D eigenvalue weighted by Crippen LogP contribution is -2.52. The van der Waals surface area contributed by atoms with Gasteiger partial charge in [0.1, 0.15) is 6.61 Å². The summed E-state index contributed by atoms with van der Waals surface area (Å²) in [6.07, 6.45) is -6.13. The van der Waals surface area contributed by atoms with E-state index in [1.54, 1.807) is 12.1 Å². The van der Waals surface area contributed by atoms with Crippen molar-refractivity contribution in [3.8, 4) is 0 Å². The lowest BCUT2D eigenvalue weighted by molar-refractivity contribution is -0.277. The molecule has 1 saturated heterocycles. The molecule has 4 rings (SSSR count). The maximum Gasteiger partial charge on any atom is 0.432 e. The van der Waals surface area contributed by atoms with Crippen molar-refractivity contribution in [2.24, 2.45) is 0 Å². The fourth-order valence-corrected chi connectivity index (χ4v) is 4.00. The third kappa shape index (κ3) is 3.00. The van der Waals surface area contributed by atoms with Crippen LogP contribution in [0.4, 0.5) is 23.7 Å². The number of hydrogen-bond acceptors (Lipinski definition) is 5. The minimum atomic E-state index is -5.07. The molecular weight excluding hydrogens is 403 g/mol. The van der Waals surface area contributed by atoms with E-state index in [-0.39, 0.29) is 0 Å². The van der Waals surface area contributed by atoms with Crippen LogP contribution in [0.3, 0.4) is 0 Å². The van der Waals surface area contributed by atoms with Gasteiger partial charge in [-0.05, 0) is 18.1 Å². The van der Waals surface area contributed by atoms with Crippen molar-refractivity contribution < 1.29 is 37.0 Å². The number of carbonyl (C=O) groups is 2. The second kappa shape index (κ2) is 7.32. The molecule has 2 aliphatic rings. The van der Waals surface area contributed by atoms with Gasteiger partial charge in [0.2, 0.25) is 0 Å². The van der Waals surface area contributed by atoms with Crippen LogP contribution in [0.5, 0.6) is 0 Å². The van der Waals surface area contributed by atoms with Crippen LogP contribution in [-0.4, -0.2) is 44.1 Å². The fraction of sp³-hybridized carbons (Fsp3) is 0.333. The molecule has 1 fully saturated rings. The molecule has 0 N–H and O–H groups in total. The van der Waals surface area contributed by atoms with E-state index in [2.05, 4.69) is 0 Å². The third-order valence-electron chi connectivity index (χ3n) is 5.44. The molecular formula is C21H18F3NO5. The molecule has 2 aromatic rings. The Kier molecular flexibility index (Phi) is 4.93. The Bertz CT molecular complexity index is 965. The summed E-state index contributed by atoms with van der Waals surface area (Å²) in [6, 6.07) is 13.3. The molecule has 2 aromatic carbocycles. The molecule has 30 heavy (non-hydrogen) atoms. The maximum absolute atomic E-state index is 13.9. The van der Waals surface area contributed by atoms with Crippen molar-refractivity contribution in [1.29, 1.82) is 0 Å². The number of carbonyl (C=O) groups excluding carboxylic acids is 2. The van der Waals surface area contributed by atoms with Gasteiger partial charge in [-0.25, -0.2) is 9.59 Å². The van der Waals surface area contributed by atoms with Gasteiger partial charge in [0, 0.05) is 12.7 Å². The molecule has 0 saturated carbocycles. The third-order valence-corrected chi connectivity index (χ3v) is 5.44. The Morgan fingerprint density at radius 2 is 1.80 bits per heavy atom. The molecule has 158 valence electrons. The highest BCUT2D eigenvalue weighted by Gasteiger charge is 2.64. The predicted molar refractivity (Wildman–Crippen MR) is 98.8 cm³/mol. The number of benzene rings is 2. The van der Waals surface area contributed by atoms with Gasteiger partial charge in [-0.1, -0.05) is 48.5 Å². The molecule has 0 bridgehead atoms. The summed E-state index contributed by atoms with van der Waals surface area (Å²) in [5.74, 6) is -1.62. The molecule has 0 aromatic heterocycles. The van der Waals surface area contributed by atoms with E-state index in [0.29, 0.717) is 12.1 Å². The fourth-order valence-electron chi connectivity index (χ4n) is 4.00. The quantitative estimate of drug-likeness (QED) is 0.691. The monoisotopic (exact) mass is 421 g/mol. The normalized spacial score (nSPS) is 22.1. The first-order chi connectivity index (χ1) is 14.3. The molecule has 2 heterocycles. The zero-order chi connectivity index (χ0) is 21.5. The van der Waals surface area contributed by atoms with E-state index in [1.807, 2.05) is 12.1 Å². The van der Waals surface area contributed by atoms with E-state index in [9.17, 15) is 22.8 Å². The molecule has 2 aliphatic heterocycles. The highest BCUT2D eigenvalue weighted by atomic mass is 19.4. The largest absolute Gasteiger partial charge is 0.459 e. The van der Waals surface area contributed by atoms with E-state index in [4.69, 9.17) is 14.2 Å². The Balaban J connectivity index is 1.55. The van der Waals surface area contributed by atoms with Crippen LogP contribution in [0.1, 0.15) is 11.1 Å². The van der Waals surface area contributed by atoms with Gasteiger partial charge in [-0.15, -0.1) is 0 Å². The van der Waals surface area contributed by atoms with Gasteiger partial charge in [0.25, 0.3) is 5.60 Å². The minimum absolute atomic E-state index is 0.400. The van der Waals surface area contributed by atoms with Crippen LogP contribution in [0, 0.1) is 0 Å². The number of nitrogens with zero attached hydrogens (tertiary/aromatic N) is 1. The van der Waals surface area contributed by atoms with Crippen LogP contribution >= 0.6 is 0 Å². The minimum Gasteiger partial charge on any atom is -0.459 e. The lowest BCUT2D eigenvalue weighted by atomic mass is 9.92. The van der Waals surface area contributed by atoms with Gasteiger partial charge in [0.15, 0.2) is 6.10 Å². The number of rotatable bonds is 5. The second-order valence-corrected chi connectivity index (χ2v) is 7.04. The topological polar surface area (TPSA) is 65.1 Å². The molecule has 0 radical (unpaired) electrons. The van der Waals surface area contributed by atoms with Crippen LogP contribution in [0.2, 0.25) is 0 Å². The van der Waals surface area contributed by atoms with Crippen molar-refractivity contribution in [1.82, 2.24) is 0 Å². The average Bonchev–Trinajstić information content (AvgIpc) is 3.25. The zero-order valence-electron chi connectivity index (χ0n) is 15.9. The second-order valence-electron chi connectivity index (χ2n) is 7.04. The van der Waals surface area contributed by atoms with Gasteiger partial charge in [0.05, 0.1) is 11.7 Å². The number of cyclic esters (lactones) is 1. The highest BCUT2D eigenvalue weighted by Crippen LogP contribution is 2.43. The Hall–Kier alpha value is -3.07. The first-order valence-corrected chi connectivity index (χ1v) is 9.22. The average molecular weight is 421 g/mol. The van der Waals surface area contributed by atoms with E-state index in [0.717, 1.165) is 24.8 Å². The van der Waals surface area contributed by atoms with Gasteiger partial charge < -0.3 is 14.2 Å².